The number of primary amides is 2. The van der Waals surface area contributed by atoms with E-state index in [1.807, 2.05) is 6.07 Å². The van der Waals surface area contributed by atoms with Gasteiger partial charge in [-0.15, -0.1) is 0 Å². The minimum atomic E-state index is -0.861. The lowest BCUT2D eigenvalue weighted by Crippen LogP contribution is -2.23. The van der Waals surface area contributed by atoms with Gasteiger partial charge in [-0.2, -0.15) is 5.10 Å². The maximum atomic E-state index is 12.0. The molecule has 0 saturated carbocycles. The first kappa shape index (κ1) is 15.7. The second kappa shape index (κ2) is 6.13. The van der Waals surface area contributed by atoms with Gasteiger partial charge >= 0.3 is 0 Å². The Labute approximate surface area is 141 Å². The molecular formula is C16H12ClN5O2. The van der Waals surface area contributed by atoms with E-state index < -0.39 is 11.8 Å². The van der Waals surface area contributed by atoms with Crippen LogP contribution in [0.4, 0.5) is 0 Å². The highest BCUT2D eigenvalue weighted by Crippen LogP contribution is 2.28. The van der Waals surface area contributed by atoms with Gasteiger partial charge in [0.25, 0.3) is 11.8 Å². The van der Waals surface area contributed by atoms with Crippen LogP contribution in [0.1, 0.15) is 20.8 Å². The third kappa shape index (κ3) is 2.61. The van der Waals surface area contributed by atoms with Crippen molar-refractivity contribution in [2.45, 2.75) is 0 Å². The molecule has 0 fully saturated rings. The quantitative estimate of drug-likeness (QED) is 0.752. The van der Waals surface area contributed by atoms with Gasteiger partial charge in [-0.05, 0) is 12.1 Å². The van der Waals surface area contributed by atoms with Crippen LogP contribution < -0.4 is 11.5 Å². The zero-order valence-electron chi connectivity index (χ0n) is 12.3. The monoisotopic (exact) mass is 341 g/mol. The van der Waals surface area contributed by atoms with Gasteiger partial charge in [0, 0.05) is 11.8 Å². The zero-order valence-corrected chi connectivity index (χ0v) is 13.1. The van der Waals surface area contributed by atoms with E-state index in [0.29, 0.717) is 5.56 Å². The SMILES string of the molecule is NC(=O)c1c(-c2ccccc2)nn(-c2ncccc2Cl)c1C(N)=O. The fraction of sp³-hybridized carbons (Fsp3) is 0. The second-order valence-electron chi connectivity index (χ2n) is 4.89. The van der Waals surface area contributed by atoms with E-state index in [1.165, 1.54) is 6.20 Å². The number of rotatable bonds is 4. The summed E-state index contributed by atoms with van der Waals surface area (Å²) in [5, 5.41) is 4.57. The molecule has 7 nitrogen and oxygen atoms in total. The first-order chi connectivity index (χ1) is 11.5. The topological polar surface area (TPSA) is 117 Å². The number of amides is 2. The Morgan fingerprint density at radius 1 is 1.00 bits per heavy atom. The smallest absolute Gasteiger partial charge is 0.268 e. The lowest BCUT2D eigenvalue weighted by Gasteiger charge is -2.05. The van der Waals surface area contributed by atoms with E-state index >= 15 is 0 Å². The average Bonchev–Trinajstić information content (AvgIpc) is 2.97. The fourth-order valence-corrected chi connectivity index (χ4v) is 2.57. The fourth-order valence-electron chi connectivity index (χ4n) is 2.36. The maximum absolute atomic E-state index is 12.0. The molecule has 2 amide bonds. The van der Waals surface area contributed by atoms with Crippen LogP contribution in [0.3, 0.4) is 0 Å². The molecule has 0 aliphatic carbocycles. The van der Waals surface area contributed by atoms with Gasteiger partial charge in [0.1, 0.15) is 11.4 Å². The van der Waals surface area contributed by atoms with Gasteiger partial charge in [-0.1, -0.05) is 41.9 Å². The Morgan fingerprint density at radius 3 is 2.29 bits per heavy atom. The molecule has 8 heteroatoms. The van der Waals surface area contributed by atoms with E-state index in [2.05, 4.69) is 10.1 Å². The van der Waals surface area contributed by atoms with Crippen LogP contribution in [0.5, 0.6) is 0 Å². The molecule has 0 aliphatic rings. The number of carbonyl (C=O) groups excluding carboxylic acids is 2. The van der Waals surface area contributed by atoms with Crippen LogP contribution in [0.25, 0.3) is 17.1 Å². The molecule has 0 unspecified atom stereocenters. The number of nitrogens with zero attached hydrogens (tertiary/aromatic N) is 3. The largest absolute Gasteiger partial charge is 0.365 e. The summed E-state index contributed by atoms with van der Waals surface area (Å²) < 4.78 is 1.15. The molecule has 2 aromatic heterocycles. The number of hydrogen-bond donors (Lipinski definition) is 2. The van der Waals surface area contributed by atoms with Crippen LogP contribution in [-0.4, -0.2) is 26.6 Å². The highest BCUT2D eigenvalue weighted by molar-refractivity contribution is 6.32. The summed E-state index contributed by atoms with van der Waals surface area (Å²) >= 11 is 6.13. The van der Waals surface area contributed by atoms with Gasteiger partial charge in [-0.3, -0.25) is 9.59 Å². The van der Waals surface area contributed by atoms with Crippen molar-refractivity contribution in [3.05, 3.63) is 64.9 Å². The predicted octanol–water partition coefficient (Wildman–Crippen LogP) is 1.79. The van der Waals surface area contributed by atoms with Crippen molar-refractivity contribution in [1.29, 1.82) is 0 Å². The number of aromatic nitrogens is 3. The molecular weight excluding hydrogens is 330 g/mol. The van der Waals surface area contributed by atoms with Crippen LogP contribution in [0, 0.1) is 0 Å². The third-order valence-corrected chi connectivity index (χ3v) is 3.65. The summed E-state index contributed by atoms with van der Waals surface area (Å²) in [4.78, 5) is 28.0. The Morgan fingerprint density at radius 2 is 1.71 bits per heavy atom. The Kier molecular flexibility index (Phi) is 4.01. The highest BCUT2D eigenvalue weighted by atomic mass is 35.5. The molecule has 1 aromatic carbocycles. The molecule has 2 heterocycles. The van der Waals surface area contributed by atoms with Gasteiger partial charge in [0.2, 0.25) is 0 Å². The maximum Gasteiger partial charge on any atom is 0.268 e. The number of hydrogen-bond acceptors (Lipinski definition) is 4. The number of carbonyl (C=O) groups is 2. The van der Waals surface area contributed by atoms with Crippen molar-refractivity contribution < 1.29 is 9.59 Å². The lowest BCUT2D eigenvalue weighted by atomic mass is 10.1. The lowest BCUT2D eigenvalue weighted by molar-refractivity contribution is 0.0963. The van der Waals surface area contributed by atoms with Crippen molar-refractivity contribution >= 4 is 23.4 Å². The summed E-state index contributed by atoms with van der Waals surface area (Å²) in [6, 6.07) is 12.1. The molecule has 3 aromatic rings. The summed E-state index contributed by atoms with van der Waals surface area (Å²) in [5.41, 5.74) is 11.5. The van der Waals surface area contributed by atoms with Gasteiger partial charge in [-0.25, -0.2) is 9.67 Å². The third-order valence-electron chi connectivity index (χ3n) is 3.35. The minimum Gasteiger partial charge on any atom is -0.365 e. The van der Waals surface area contributed by atoms with Crippen LogP contribution >= 0.6 is 11.6 Å². The van der Waals surface area contributed by atoms with E-state index in [0.717, 1.165) is 4.68 Å². The van der Waals surface area contributed by atoms with Crippen molar-refractivity contribution in [1.82, 2.24) is 14.8 Å². The van der Waals surface area contributed by atoms with Gasteiger partial charge in [0.15, 0.2) is 5.82 Å². The summed E-state index contributed by atoms with van der Waals surface area (Å²) in [5.74, 6) is -1.50. The average molecular weight is 342 g/mol. The normalized spacial score (nSPS) is 10.5. The molecule has 3 rings (SSSR count). The van der Waals surface area contributed by atoms with Gasteiger partial charge in [0.05, 0.1) is 10.6 Å². The molecule has 4 N–H and O–H groups in total. The van der Waals surface area contributed by atoms with Crippen LogP contribution in [-0.2, 0) is 0 Å². The first-order valence-electron chi connectivity index (χ1n) is 6.89. The second-order valence-corrected chi connectivity index (χ2v) is 5.29. The number of halogens is 1. The highest BCUT2D eigenvalue weighted by Gasteiger charge is 2.28. The predicted molar refractivity (Wildman–Crippen MR) is 88.8 cm³/mol. The first-order valence-corrected chi connectivity index (χ1v) is 7.27. The standard InChI is InChI=1S/C16H12ClN5O2/c17-10-7-4-8-20-16(10)22-13(15(19)24)11(14(18)23)12(21-22)9-5-2-1-3-6-9/h1-8H,(H2,18,23)(H2,19,24). The van der Waals surface area contributed by atoms with Crippen LogP contribution in [0.15, 0.2) is 48.7 Å². The van der Waals surface area contributed by atoms with Crippen molar-refractivity contribution in [2.75, 3.05) is 0 Å². The molecule has 0 atom stereocenters. The van der Waals surface area contributed by atoms with Crippen molar-refractivity contribution in [3.8, 4) is 17.1 Å². The van der Waals surface area contributed by atoms with Crippen molar-refractivity contribution in [3.63, 3.8) is 0 Å². The molecule has 120 valence electrons. The van der Waals surface area contributed by atoms with Crippen LogP contribution in [0.2, 0.25) is 5.02 Å². The number of pyridine rings is 1. The summed E-state index contributed by atoms with van der Waals surface area (Å²) in [6.45, 7) is 0. The molecule has 24 heavy (non-hydrogen) atoms. The number of nitrogens with two attached hydrogens (primary N) is 2. The molecule has 0 radical (unpaired) electrons. The zero-order chi connectivity index (χ0) is 17.3. The Hall–Kier alpha value is -3.19. The Bertz CT molecular complexity index is 937. The summed E-state index contributed by atoms with van der Waals surface area (Å²) in [7, 11) is 0. The molecule has 0 spiro atoms. The van der Waals surface area contributed by atoms with E-state index in [4.69, 9.17) is 23.1 Å². The van der Waals surface area contributed by atoms with Gasteiger partial charge < -0.3 is 11.5 Å². The Balaban J connectivity index is 2.37. The van der Waals surface area contributed by atoms with E-state index in [9.17, 15) is 9.59 Å². The minimum absolute atomic E-state index is 0.0737. The van der Waals surface area contributed by atoms with E-state index in [1.54, 1.807) is 36.4 Å². The molecule has 0 aliphatic heterocycles. The molecule has 0 saturated heterocycles. The van der Waals surface area contributed by atoms with E-state index in [-0.39, 0.29) is 27.8 Å². The van der Waals surface area contributed by atoms with Crippen molar-refractivity contribution in [2.24, 2.45) is 11.5 Å². The summed E-state index contributed by atoms with van der Waals surface area (Å²) in [6.07, 6.45) is 1.49. The molecule has 0 bridgehead atoms. The number of benzene rings is 1.